The number of aliphatic hydroxyl groups is 1. The van der Waals surface area contributed by atoms with Crippen LogP contribution in [0.4, 0.5) is 17.6 Å². The molecule has 3 heterocycles. The van der Waals surface area contributed by atoms with E-state index < -0.39 is 0 Å². The number of anilines is 3. The Hall–Kier alpha value is -3.20. The lowest BCUT2D eigenvalue weighted by Gasteiger charge is -2.23. The SMILES string of the molecule is CC(C)(C)Nc1nc(Nc2nccc(=O)[nH]2)cc2ccn(CCO)c(=O)c12. The molecule has 9 nitrogen and oxygen atoms in total. The van der Waals surface area contributed by atoms with E-state index in [1.54, 1.807) is 18.3 Å². The fourth-order valence-corrected chi connectivity index (χ4v) is 2.65. The maximum atomic E-state index is 12.8. The van der Waals surface area contributed by atoms with Gasteiger partial charge in [0.05, 0.1) is 12.0 Å². The van der Waals surface area contributed by atoms with Gasteiger partial charge in [0.15, 0.2) is 0 Å². The van der Waals surface area contributed by atoms with Crippen molar-refractivity contribution >= 4 is 28.4 Å². The van der Waals surface area contributed by atoms with Crippen LogP contribution in [0.2, 0.25) is 0 Å². The topological polar surface area (TPSA) is 125 Å². The second-order valence-electron chi connectivity index (χ2n) is 7.14. The minimum atomic E-state index is -0.331. The van der Waals surface area contributed by atoms with E-state index in [4.69, 9.17) is 5.11 Å². The monoisotopic (exact) mass is 370 g/mol. The average Bonchev–Trinajstić information content (AvgIpc) is 2.56. The van der Waals surface area contributed by atoms with Crippen LogP contribution in [0.5, 0.6) is 0 Å². The zero-order valence-electron chi connectivity index (χ0n) is 15.4. The Morgan fingerprint density at radius 2 is 2.04 bits per heavy atom. The predicted octanol–water partition coefficient (Wildman–Crippen LogP) is 1.43. The molecule has 9 heteroatoms. The summed E-state index contributed by atoms with van der Waals surface area (Å²) < 4.78 is 1.45. The summed E-state index contributed by atoms with van der Waals surface area (Å²) in [5.41, 5.74) is -0.853. The maximum absolute atomic E-state index is 12.8. The molecule has 3 aromatic heterocycles. The number of aromatic nitrogens is 4. The van der Waals surface area contributed by atoms with Gasteiger partial charge in [-0.15, -0.1) is 0 Å². The van der Waals surface area contributed by atoms with E-state index in [9.17, 15) is 9.59 Å². The summed E-state index contributed by atoms with van der Waals surface area (Å²) in [4.78, 5) is 35.4. The predicted molar refractivity (Wildman–Crippen MR) is 105 cm³/mol. The Labute approximate surface area is 155 Å². The summed E-state index contributed by atoms with van der Waals surface area (Å²) in [7, 11) is 0. The number of rotatable bonds is 5. The molecule has 0 aliphatic rings. The standard InChI is InChI=1S/C18H22N6O3/c1-18(2,3)23-15-14-11(5-7-24(8-9-25)16(14)27)10-12(20-15)21-17-19-6-4-13(26)22-17/h4-7,10,25H,8-9H2,1-3H3,(H3,19,20,21,22,23,26). The zero-order chi connectivity index (χ0) is 19.6. The highest BCUT2D eigenvalue weighted by Crippen LogP contribution is 2.25. The molecule has 0 aliphatic heterocycles. The Morgan fingerprint density at radius 3 is 2.70 bits per heavy atom. The van der Waals surface area contributed by atoms with Crippen LogP contribution in [0.15, 0.2) is 40.2 Å². The van der Waals surface area contributed by atoms with Crippen molar-refractivity contribution in [1.29, 1.82) is 0 Å². The molecule has 0 aliphatic carbocycles. The van der Waals surface area contributed by atoms with Crippen molar-refractivity contribution in [2.24, 2.45) is 0 Å². The minimum absolute atomic E-state index is 0.131. The third kappa shape index (κ3) is 4.32. The number of fused-ring (bicyclic) bond motifs is 1. The van der Waals surface area contributed by atoms with Crippen molar-refractivity contribution in [3.8, 4) is 0 Å². The maximum Gasteiger partial charge on any atom is 0.262 e. The lowest BCUT2D eigenvalue weighted by Crippen LogP contribution is -2.29. The number of nitrogens with zero attached hydrogens (tertiary/aromatic N) is 3. The van der Waals surface area contributed by atoms with Gasteiger partial charge in [-0.25, -0.2) is 9.97 Å². The summed E-state index contributed by atoms with van der Waals surface area (Å²) >= 11 is 0. The third-order valence-corrected chi connectivity index (χ3v) is 3.71. The van der Waals surface area contributed by atoms with Gasteiger partial charge in [-0.3, -0.25) is 14.6 Å². The number of aromatic amines is 1. The number of aliphatic hydroxyl groups excluding tert-OH is 1. The fourth-order valence-electron chi connectivity index (χ4n) is 2.65. The van der Waals surface area contributed by atoms with Crippen molar-refractivity contribution in [2.45, 2.75) is 32.9 Å². The number of nitrogens with one attached hydrogen (secondary N) is 3. The quantitative estimate of drug-likeness (QED) is 0.535. The summed E-state index contributed by atoms with van der Waals surface area (Å²) in [6.07, 6.45) is 3.03. The highest BCUT2D eigenvalue weighted by Gasteiger charge is 2.17. The molecular weight excluding hydrogens is 348 g/mol. The van der Waals surface area contributed by atoms with E-state index >= 15 is 0 Å². The number of hydrogen-bond acceptors (Lipinski definition) is 7. The van der Waals surface area contributed by atoms with Crippen LogP contribution >= 0.6 is 0 Å². The molecule has 4 N–H and O–H groups in total. The van der Waals surface area contributed by atoms with Crippen LogP contribution in [-0.2, 0) is 6.54 Å². The third-order valence-electron chi connectivity index (χ3n) is 3.71. The molecule has 0 unspecified atom stereocenters. The fraction of sp³-hybridized carbons (Fsp3) is 0.333. The van der Waals surface area contributed by atoms with Gasteiger partial charge >= 0.3 is 0 Å². The van der Waals surface area contributed by atoms with Crippen molar-refractivity contribution in [3.63, 3.8) is 0 Å². The lowest BCUT2D eigenvalue weighted by molar-refractivity contribution is 0.274. The van der Waals surface area contributed by atoms with Crippen LogP contribution in [0.3, 0.4) is 0 Å². The molecule has 0 saturated carbocycles. The van der Waals surface area contributed by atoms with Gasteiger partial charge in [0.1, 0.15) is 11.6 Å². The van der Waals surface area contributed by atoms with E-state index in [1.165, 1.54) is 16.8 Å². The van der Waals surface area contributed by atoms with Crippen LogP contribution in [0.25, 0.3) is 10.8 Å². The van der Waals surface area contributed by atoms with Gasteiger partial charge in [0.25, 0.3) is 11.1 Å². The Balaban J connectivity index is 2.15. The first-order valence-electron chi connectivity index (χ1n) is 8.52. The molecule has 3 aromatic rings. The Bertz CT molecular complexity index is 1080. The second kappa shape index (κ2) is 7.20. The zero-order valence-corrected chi connectivity index (χ0v) is 15.4. The van der Waals surface area contributed by atoms with Crippen molar-refractivity contribution in [3.05, 3.63) is 51.3 Å². The molecule has 0 radical (unpaired) electrons. The van der Waals surface area contributed by atoms with E-state index in [2.05, 4.69) is 25.6 Å². The van der Waals surface area contributed by atoms with Gasteiger partial charge in [-0.05, 0) is 38.3 Å². The lowest BCUT2D eigenvalue weighted by atomic mass is 10.1. The molecule has 0 fully saturated rings. The second-order valence-corrected chi connectivity index (χ2v) is 7.14. The Morgan fingerprint density at radius 1 is 1.26 bits per heavy atom. The molecule has 0 saturated heterocycles. The van der Waals surface area contributed by atoms with Gasteiger partial charge in [0, 0.05) is 30.5 Å². The number of pyridine rings is 2. The van der Waals surface area contributed by atoms with Gasteiger partial charge in [0.2, 0.25) is 5.95 Å². The summed E-state index contributed by atoms with van der Waals surface area (Å²) in [6, 6.07) is 4.81. The van der Waals surface area contributed by atoms with Gasteiger partial charge < -0.3 is 20.3 Å². The molecular formula is C18H22N6O3. The molecule has 0 aromatic carbocycles. The largest absolute Gasteiger partial charge is 0.395 e. The van der Waals surface area contributed by atoms with Crippen LogP contribution in [0.1, 0.15) is 20.8 Å². The molecule has 27 heavy (non-hydrogen) atoms. The van der Waals surface area contributed by atoms with E-state index in [1.807, 2.05) is 20.8 Å². The molecule has 0 atom stereocenters. The summed E-state index contributed by atoms with van der Waals surface area (Å²) in [6.45, 7) is 5.97. The highest BCUT2D eigenvalue weighted by molar-refractivity contribution is 5.93. The molecule has 0 bridgehead atoms. The minimum Gasteiger partial charge on any atom is -0.395 e. The Kier molecular flexibility index (Phi) is 4.95. The van der Waals surface area contributed by atoms with Crippen LogP contribution in [-0.4, -0.2) is 36.8 Å². The first kappa shape index (κ1) is 18.6. The first-order chi connectivity index (χ1) is 12.8. The summed E-state index contributed by atoms with van der Waals surface area (Å²) in [5, 5.41) is 16.5. The summed E-state index contributed by atoms with van der Waals surface area (Å²) in [5.74, 6) is 1.10. The van der Waals surface area contributed by atoms with Crippen molar-refractivity contribution < 1.29 is 5.11 Å². The normalized spacial score (nSPS) is 11.6. The molecule has 0 spiro atoms. The number of H-pyrrole nitrogens is 1. The first-order valence-corrected chi connectivity index (χ1v) is 8.52. The highest BCUT2D eigenvalue weighted by atomic mass is 16.3. The van der Waals surface area contributed by atoms with E-state index in [0.29, 0.717) is 22.4 Å². The molecule has 142 valence electrons. The molecule has 0 amide bonds. The van der Waals surface area contributed by atoms with Crippen molar-refractivity contribution in [2.75, 3.05) is 17.2 Å². The number of hydrogen-bond donors (Lipinski definition) is 4. The van der Waals surface area contributed by atoms with E-state index in [-0.39, 0.29) is 35.8 Å². The van der Waals surface area contributed by atoms with Crippen molar-refractivity contribution in [1.82, 2.24) is 19.5 Å². The van der Waals surface area contributed by atoms with Gasteiger partial charge in [-0.2, -0.15) is 0 Å². The van der Waals surface area contributed by atoms with E-state index in [0.717, 1.165) is 0 Å². The van der Waals surface area contributed by atoms with Crippen LogP contribution < -0.4 is 21.8 Å². The van der Waals surface area contributed by atoms with Gasteiger partial charge in [-0.1, -0.05) is 0 Å². The molecule has 3 rings (SSSR count). The average molecular weight is 370 g/mol. The smallest absolute Gasteiger partial charge is 0.262 e. The van der Waals surface area contributed by atoms with Crippen LogP contribution in [0, 0.1) is 0 Å².